The minimum Gasteiger partial charge on any atom is -0.456 e. The first kappa shape index (κ1) is 32.4. The van der Waals surface area contributed by atoms with Gasteiger partial charge in [-0.2, -0.15) is 0 Å². The number of benzene rings is 4. The first-order valence-electron chi connectivity index (χ1n) is 17.3. The quantitative estimate of drug-likeness (QED) is 0.141. The zero-order valence-electron chi connectivity index (χ0n) is 28.5. The van der Waals surface area contributed by atoms with Crippen molar-refractivity contribution < 1.29 is 4.42 Å². The molecule has 0 aliphatic carbocycles. The molecule has 0 N–H and O–H groups in total. The van der Waals surface area contributed by atoms with Crippen LogP contribution in [0.4, 0.5) is 34.1 Å². The molecular weight excluding hydrogens is 689 g/mol. The Balaban J connectivity index is 0.965. The molecule has 0 amide bonds. The lowest BCUT2D eigenvalue weighted by Gasteiger charge is -2.25. The molecule has 4 aromatic carbocycles. The Morgan fingerprint density at radius 3 is 1.06 bits per heavy atom. The third-order valence-corrected chi connectivity index (χ3v) is 10.9. The van der Waals surface area contributed by atoms with Crippen LogP contribution in [0.25, 0.3) is 43.5 Å². The third kappa shape index (κ3) is 6.79. The van der Waals surface area contributed by atoms with Crippen LogP contribution in [-0.4, -0.2) is 9.97 Å². The van der Waals surface area contributed by atoms with E-state index in [0.29, 0.717) is 0 Å². The van der Waals surface area contributed by atoms with Gasteiger partial charge in [0.05, 0.1) is 23.8 Å². The highest BCUT2D eigenvalue weighted by Gasteiger charge is 2.16. The lowest BCUT2D eigenvalue weighted by atomic mass is 10.1. The topological polar surface area (TPSA) is 45.4 Å². The van der Waals surface area contributed by atoms with Crippen LogP contribution in [0.15, 0.2) is 198 Å². The first-order chi connectivity index (χ1) is 26.3. The Bertz CT molecular complexity index is 2330. The fourth-order valence-corrected chi connectivity index (χ4v) is 7.97. The van der Waals surface area contributed by atoms with Crippen LogP contribution in [-0.2, 0) is 0 Å². The highest BCUT2D eigenvalue weighted by atomic mass is 32.1. The maximum absolute atomic E-state index is 6.45. The summed E-state index contributed by atoms with van der Waals surface area (Å²) >= 11 is 3.49. The van der Waals surface area contributed by atoms with Crippen LogP contribution in [0.5, 0.6) is 0 Å². The van der Waals surface area contributed by atoms with Crippen LogP contribution < -0.4 is 9.80 Å². The van der Waals surface area contributed by atoms with E-state index in [1.807, 2.05) is 36.7 Å². The second kappa shape index (κ2) is 14.6. The van der Waals surface area contributed by atoms with E-state index in [0.717, 1.165) is 56.8 Å². The molecule has 5 nitrogen and oxygen atoms in total. The maximum Gasteiger partial charge on any atom is 0.134 e. The molecule has 0 aliphatic heterocycles. The standard InChI is InChI=1S/C46H32N4OS2/c1-5-41(31-47-27-1)49(39-21-13-35(14-22-39)45-7-3-29-52-45)37-17-9-33(10-18-37)43-25-26-44(51-43)34-11-19-38(20-12-34)50(42-6-2-28-48-32-42)40-23-15-36(16-24-40)46-8-4-30-53-46/h1-32H. The summed E-state index contributed by atoms with van der Waals surface area (Å²) in [5.41, 5.74) is 10.6. The minimum atomic E-state index is 0.812. The summed E-state index contributed by atoms with van der Waals surface area (Å²) in [5, 5.41) is 4.22. The van der Waals surface area contributed by atoms with E-state index >= 15 is 0 Å². The van der Waals surface area contributed by atoms with Crippen molar-refractivity contribution in [3.63, 3.8) is 0 Å². The molecule has 7 heteroatoms. The Labute approximate surface area is 316 Å². The summed E-state index contributed by atoms with van der Waals surface area (Å²) in [7, 11) is 0. The van der Waals surface area contributed by atoms with Crippen LogP contribution in [0.1, 0.15) is 0 Å². The van der Waals surface area contributed by atoms with E-state index in [9.17, 15) is 0 Å². The highest BCUT2D eigenvalue weighted by molar-refractivity contribution is 7.13. The van der Waals surface area contributed by atoms with E-state index < -0.39 is 0 Å². The number of furan rings is 1. The average molecular weight is 721 g/mol. The summed E-state index contributed by atoms with van der Waals surface area (Å²) in [6.45, 7) is 0. The van der Waals surface area contributed by atoms with Crippen LogP contribution >= 0.6 is 22.7 Å². The number of aromatic nitrogens is 2. The van der Waals surface area contributed by atoms with Gasteiger partial charge in [0.15, 0.2) is 0 Å². The van der Waals surface area contributed by atoms with E-state index in [1.165, 1.54) is 20.9 Å². The number of anilines is 6. The van der Waals surface area contributed by atoms with Crippen molar-refractivity contribution in [2.75, 3.05) is 9.80 Å². The molecule has 0 saturated carbocycles. The SMILES string of the molecule is c1cncc(N(c2ccc(-c3ccc(-c4ccc(N(c5ccc(-c6cccs6)cc5)c5cccnc5)cc4)o3)cc2)c2ccc(-c3cccs3)cc2)c1. The Kier molecular flexibility index (Phi) is 8.92. The maximum atomic E-state index is 6.45. The summed E-state index contributed by atoms with van der Waals surface area (Å²) in [6.07, 6.45) is 7.38. The molecule has 9 aromatic rings. The summed E-state index contributed by atoms with van der Waals surface area (Å²) in [5.74, 6) is 1.62. The van der Waals surface area contributed by atoms with Gasteiger partial charge in [-0.15, -0.1) is 22.7 Å². The average Bonchev–Trinajstić information content (AvgIpc) is 4.05. The fraction of sp³-hybridized carbons (Fsp3) is 0. The Morgan fingerprint density at radius 2 is 0.736 bits per heavy atom. The first-order valence-corrected chi connectivity index (χ1v) is 19.0. The molecule has 0 saturated heterocycles. The molecule has 53 heavy (non-hydrogen) atoms. The number of nitrogens with zero attached hydrogens (tertiary/aromatic N) is 4. The molecule has 0 bridgehead atoms. The van der Waals surface area contributed by atoms with Gasteiger partial charge in [-0.1, -0.05) is 36.4 Å². The van der Waals surface area contributed by atoms with Gasteiger partial charge in [0.1, 0.15) is 11.5 Å². The molecule has 0 aliphatic rings. The summed E-state index contributed by atoms with van der Waals surface area (Å²) in [4.78, 5) is 15.8. The van der Waals surface area contributed by atoms with Gasteiger partial charge in [-0.05, 0) is 143 Å². The zero-order chi connectivity index (χ0) is 35.4. The molecule has 0 fully saturated rings. The second-order valence-electron chi connectivity index (χ2n) is 12.4. The van der Waals surface area contributed by atoms with Crippen LogP contribution in [0.3, 0.4) is 0 Å². The van der Waals surface area contributed by atoms with E-state index in [4.69, 9.17) is 4.42 Å². The van der Waals surface area contributed by atoms with Gasteiger partial charge < -0.3 is 14.2 Å². The molecule has 254 valence electrons. The normalized spacial score (nSPS) is 11.0. The largest absolute Gasteiger partial charge is 0.456 e. The van der Waals surface area contributed by atoms with Gasteiger partial charge in [-0.25, -0.2) is 0 Å². The molecule has 9 rings (SSSR count). The summed E-state index contributed by atoms with van der Waals surface area (Å²) < 4.78 is 6.45. The van der Waals surface area contributed by atoms with Crippen molar-refractivity contribution in [3.8, 4) is 43.5 Å². The molecule has 5 heterocycles. The number of thiophene rings is 2. The van der Waals surface area contributed by atoms with E-state index in [2.05, 4.69) is 164 Å². The predicted molar refractivity (Wildman–Crippen MR) is 221 cm³/mol. The molecule has 0 radical (unpaired) electrons. The van der Waals surface area contributed by atoms with Gasteiger partial charge in [0.25, 0.3) is 0 Å². The van der Waals surface area contributed by atoms with Gasteiger partial charge in [0.2, 0.25) is 0 Å². The second-order valence-corrected chi connectivity index (χ2v) is 14.3. The zero-order valence-corrected chi connectivity index (χ0v) is 30.1. The summed E-state index contributed by atoms with van der Waals surface area (Å²) in [6, 6.07) is 55.0. The van der Waals surface area contributed by atoms with Crippen molar-refractivity contribution in [1.29, 1.82) is 0 Å². The monoisotopic (exact) mass is 720 g/mol. The highest BCUT2D eigenvalue weighted by Crippen LogP contribution is 2.39. The number of pyridine rings is 2. The predicted octanol–water partition coefficient (Wildman–Crippen LogP) is 13.8. The fourth-order valence-electron chi connectivity index (χ4n) is 6.50. The van der Waals surface area contributed by atoms with Crippen LogP contribution in [0.2, 0.25) is 0 Å². The lowest BCUT2D eigenvalue weighted by molar-refractivity contribution is 0.597. The van der Waals surface area contributed by atoms with Crippen molar-refractivity contribution >= 4 is 56.8 Å². The van der Waals surface area contributed by atoms with Crippen molar-refractivity contribution in [1.82, 2.24) is 9.97 Å². The van der Waals surface area contributed by atoms with Gasteiger partial charge >= 0.3 is 0 Å². The van der Waals surface area contributed by atoms with Crippen molar-refractivity contribution in [2.24, 2.45) is 0 Å². The Hall–Kier alpha value is -6.54. The number of hydrogen-bond acceptors (Lipinski definition) is 7. The molecule has 0 unspecified atom stereocenters. The van der Waals surface area contributed by atoms with Crippen molar-refractivity contribution in [3.05, 3.63) is 193 Å². The van der Waals surface area contributed by atoms with Gasteiger partial charge in [-0.3, -0.25) is 9.97 Å². The molecule has 5 aromatic heterocycles. The lowest BCUT2D eigenvalue weighted by Crippen LogP contribution is -2.10. The molecular formula is C46H32N4OS2. The smallest absolute Gasteiger partial charge is 0.134 e. The van der Waals surface area contributed by atoms with E-state index in [-0.39, 0.29) is 0 Å². The van der Waals surface area contributed by atoms with Gasteiger partial charge in [0, 0.05) is 56.0 Å². The number of rotatable bonds is 10. The molecule has 0 atom stereocenters. The number of hydrogen-bond donors (Lipinski definition) is 0. The Morgan fingerprint density at radius 1 is 0.358 bits per heavy atom. The van der Waals surface area contributed by atoms with Crippen molar-refractivity contribution in [2.45, 2.75) is 0 Å². The third-order valence-electron chi connectivity index (χ3n) is 9.10. The van der Waals surface area contributed by atoms with E-state index in [1.54, 1.807) is 35.1 Å². The minimum absolute atomic E-state index is 0.812. The molecule has 0 spiro atoms. The van der Waals surface area contributed by atoms with Crippen LogP contribution in [0, 0.1) is 0 Å².